The van der Waals surface area contributed by atoms with Crippen LogP contribution in [0.1, 0.15) is 6.92 Å². The lowest BCUT2D eigenvalue weighted by Gasteiger charge is -2.34. The van der Waals surface area contributed by atoms with Gasteiger partial charge in [-0.2, -0.15) is 0 Å². The Labute approximate surface area is 80.4 Å². The van der Waals surface area contributed by atoms with Crippen LogP contribution in [-0.2, 0) is 19.1 Å². The minimum Gasteiger partial charge on any atom is -0.480 e. The summed E-state index contributed by atoms with van der Waals surface area (Å²) >= 11 is 0. The Morgan fingerprint density at radius 3 is 2.93 bits per heavy atom. The molecule has 1 saturated heterocycles. The second kappa shape index (κ2) is 4.19. The van der Waals surface area contributed by atoms with Crippen LogP contribution < -0.4 is 0 Å². The Balaban J connectivity index is 2.72. The van der Waals surface area contributed by atoms with Crippen molar-refractivity contribution >= 4 is 18.2 Å². The van der Waals surface area contributed by atoms with Crippen LogP contribution in [0.3, 0.4) is 0 Å². The maximum atomic E-state index is 11.0. The smallest absolute Gasteiger partial charge is 0.320 e. The van der Waals surface area contributed by atoms with Gasteiger partial charge in [0.25, 0.3) is 0 Å². The molecule has 6 heteroatoms. The molecular weight excluding hydrogens is 190 g/mol. The molecule has 0 radical (unpaired) electrons. The first-order valence-corrected chi connectivity index (χ1v) is 4.15. The molecule has 1 aliphatic rings. The number of ether oxygens (including phenoxy) is 1. The van der Waals surface area contributed by atoms with E-state index in [2.05, 4.69) is 0 Å². The van der Waals surface area contributed by atoms with E-state index in [4.69, 9.17) is 9.84 Å². The average molecular weight is 201 g/mol. The SMILES string of the molecule is C[C@H]1OC(=O)CN(CC(=O)O)[C@@H]1C=O. The third-order valence-electron chi connectivity index (χ3n) is 2.03. The molecule has 1 fully saturated rings. The zero-order valence-electron chi connectivity index (χ0n) is 7.67. The van der Waals surface area contributed by atoms with Crippen LogP contribution in [0.25, 0.3) is 0 Å². The van der Waals surface area contributed by atoms with Gasteiger partial charge in [-0.15, -0.1) is 0 Å². The molecular formula is C8H11NO5. The van der Waals surface area contributed by atoms with Crippen molar-refractivity contribution in [3.8, 4) is 0 Å². The second-order valence-electron chi connectivity index (χ2n) is 3.12. The lowest BCUT2D eigenvalue weighted by Crippen LogP contribution is -2.54. The molecule has 2 atom stereocenters. The van der Waals surface area contributed by atoms with Crippen molar-refractivity contribution < 1.29 is 24.2 Å². The van der Waals surface area contributed by atoms with E-state index >= 15 is 0 Å². The van der Waals surface area contributed by atoms with Gasteiger partial charge in [-0.1, -0.05) is 0 Å². The first-order chi connectivity index (χ1) is 6.54. The van der Waals surface area contributed by atoms with E-state index in [1.807, 2.05) is 0 Å². The summed E-state index contributed by atoms with van der Waals surface area (Å²) in [7, 11) is 0. The molecule has 0 aromatic rings. The van der Waals surface area contributed by atoms with Gasteiger partial charge in [0.15, 0.2) is 0 Å². The van der Waals surface area contributed by atoms with Gasteiger partial charge in [0.05, 0.1) is 13.1 Å². The zero-order chi connectivity index (χ0) is 10.7. The highest BCUT2D eigenvalue weighted by molar-refractivity contribution is 5.77. The van der Waals surface area contributed by atoms with Crippen molar-refractivity contribution in [3.63, 3.8) is 0 Å². The largest absolute Gasteiger partial charge is 0.480 e. The van der Waals surface area contributed by atoms with Crippen molar-refractivity contribution in [2.45, 2.75) is 19.1 Å². The fourth-order valence-corrected chi connectivity index (χ4v) is 1.41. The topological polar surface area (TPSA) is 83.9 Å². The van der Waals surface area contributed by atoms with Crippen LogP contribution in [0.4, 0.5) is 0 Å². The van der Waals surface area contributed by atoms with Crippen LogP contribution in [0.2, 0.25) is 0 Å². The number of carbonyl (C=O) groups is 3. The molecule has 1 aliphatic heterocycles. The van der Waals surface area contributed by atoms with E-state index in [-0.39, 0.29) is 13.1 Å². The standard InChI is InChI=1S/C8H11NO5/c1-5-6(4-10)9(2-7(11)12)3-8(13)14-5/h4-6H,2-3H2,1H3,(H,11,12)/t5-,6-/m1/s1. The fourth-order valence-electron chi connectivity index (χ4n) is 1.41. The molecule has 0 unspecified atom stereocenters. The molecule has 0 spiro atoms. The predicted molar refractivity (Wildman–Crippen MR) is 44.6 cm³/mol. The number of rotatable bonds is 3. The number of aliphatic carboxylic acids is 1. The quantitative estimate of drug-likeness (QED) is 0.460. The summed E-state index contributed by atoms with van der Waals surface area (Å²) in [4.78, 5) is 33.3. The monoisotopic (exact) mass is 201 g/mol. The molecule has 1 rings (SSSR count). The highest BCUT2D eigenvalue weighted by atomic mass is 16.5. The van der Waals surface area contributed by atoms with Gasteiger partial charge < -0.3 is 14.6 Å². The third kappa shape index (κ3) is 2.29. The molecule has 0 saturated carbocycles. The third-order valence-corrected chi connectivity index (χ3v) is 2.03. The summed E-state index contributed by atoms with van der Waals surface area (Å²) in [6.45, 7) is 1.08. The molecule has 1 heterocycles. The van der Waals surface area contributed by atoms with Gasteiger partial charge in [-0.25, -0.2) is 0 Å². The molecule has 1 N–H and O–H groups in total. The van der Waals surface area contributed by atoms with E-state index in [0.29, 0.717) is 6.29 Å². The predicted octanol–water partition coefficient (Wildman–Crippen LogP) is -1.11. The van der Waals surface area contributed by atoms with Gasteiger partial charge in [-0.3, -0.25) is 14.5 Å². The summed E-state index contributed by atoms with van der Waals surface area (Å²) in [5, 5.41) is 8.54. The minimum absolute atomic E-state index is 0.153. The van der Waals surface area contributed by atoms with Crippen molar-refractivity contribution in [2.24, 2.45) is 0 Å². The number of carbonyl (C=O) groups excluding carboxylic acids is 2. The minimum atomic E-state index is -1.07. The zero-order valence-corrected chi connectivity index (χ0v) is 7.67. The Hall–Kier alpha value is -1.43. The van der Waals surface area contributed by atoms with Crippen molar-refractivity contribution in [2.75, 3.05) is 13.1 Å². The number of carboxylic acid groups (broad SMARTS) is 1. The Morgan fingerprint density at radius 2 is 2.43 bits per heavy atom. The van der Waals surface area contributed by atoms with E-state index in [1.165, 1.54) is 4.90 Å². The first-order valence-electron chi connectivity index (χ1n) is 4.15. The molecule has 6 nitrogen and oxygen atoms in total. The van der Waals surface area contributed by atoms with Crippen molar-refractivity contribution in [1.82, 2.24) is 4.90 Å². The van der Waals surface area contributed by atoms with E-state index in [0.717, 1.165) is 0 Å². The van der Waals surface area contributed by atoms with Crippen LogP contribution in [-0.4, -0.2) is 53.5 Å². The fraction of sp³-hybridized carbons (Fsp3) is 0.625. The van der Waals surface area contributed by atoms with Crippen LogP contribution in [0.15, 0.2) is 0 Å². The maximum Gasteiger partial charge on any atom is 0.320 e. The van der Waals surface area contributed by atoms with E-state index in [9.17, 15) is 14.4 Å². The Kier molecular flexibility index (Phi) is 3.19. The highest BCUT2D eigenvalue weighted by Gasteiger charge is 2.34. The Morgan fingerprint density at radius 1 is 1.79 bits per heavy atom. The highest BCUT2D eigenvalue weighted by Crippen LogP contribution is 2.12. The first kappa shape index (κ1) is 10.6. The van der Waals surface area contributed by atoms with Gasteiger partial charge >= 0.3 is 11.9 Å². The number of hydrogen-bond acceptors (Lipinski definition) is 5. The molecule has 0 amide bonds. The second-order valence-corrected chi connectivity index (χ2v) is 3.12. The molecule has 0 aromatic carbocycles. The molecule has 0 bridgehead atoms. The van der Waals surface area contributed by atoms with Crippen LogP contribution in [0, 0.1) is 0 Å². The van der Waals surface area contributed by atoms with Crippen molar-refractivity contribution in [1.29, 1.82) is 0 Å². The summed E-state index contributed by atoms with van der Waals surface area (Å²) in [6, 6.07) is -0.663. The summed E-state index contributed by atoms with van der Waals surface area (Å²) in [6.07, 6.45) is 0.00755. The number of nitrogens with zero attached hydrogens (tertiary/aromatic N) is 1. The molecule has 78 valence electrons. The molecule has 0 aromatic heterocycles. The number of aldehydes is 1. The summed E-state index contributed by atoms with van der Waals surface area (Å²) in [5.74, 6) is -1.57. The number of hydrogen-bond donors (Lipinski definition) is 1. The van der Waals surface area contributed by atoms with Crippen LogP contribution in [0.5, 0.6) is 0 Å². The number of cyclic esters (lactones) is 1. The summed E-state index contributed by atoms with van der Waals surface area (Å²) < 4.78 is 4.80. The molecule has 14 heavy (non-hydrogen) atoms. The van der Waals surface area contributed by atoms with Crippen LogP contribution >= 0.6 is 0 Å². The van der Waals surface area contributed by atoms with Gasteiger partial charge in [-0.05, 0) is 6.92 Å². The summed E-state index contributed by atoms with van der Waals surface area (Å²) in [5.41, 5.74) is 0. The lowest BCUT2D eigenvalue weighted by atomic mass is 10.1. The molecule has 0 aliphatic carbocycles. The van der Waals surface area contributed by atoms with E-state index in [1.54, 1.807) is 6.92 Å². The Bertz CT molecular complexity index is 262. The average Bonchev–Trinajstić information content (AvgIpc) is 2.01. The lowest BCUT2D eigenvalue weighted by molar-refractivity contribution is -0.165. The normalized spacial score (nSPS) is 28.2. The number of carboxylic acids is 1. The van der Waals surface area contributed by atoms with Gasteiger partial charge in [0.1, 0.15) is 18.4 Å². The number of esters is 1. The van der Waals surface area contributed by atoms with Gasteiger partial charge in [0, 0.05) is 0 Å². The maximum absolute atomic E-state index is 11.0. The van der Waals surface area contributed by atoms with Crippen molar-refractivity contribution in [3.05, 3.63) is 0 Å². The van der Waals surface area contributed by atoms with Gasteiger partial charge in [0.2, 0.25) is 0 Å². The number of morpholine rings is 1. The van der Waals surface area contributed by atoms with E-state index < -0.39 is 24.1 Å².